The molecule has 0 saturated carbocycles. The van der Waals surface area contributed by atoms with Crippen molar-refractivity contribution >= 4 is 23.5 Å². The number of urea groups is 1. The van der Waals surface area contributed by atoms with E-state index in [4.69, 9.17) is 5.73 Å². The SMILES string of the molecule is NC(=O)c1cccc(CNC(=O)Nc2ccc3c(c2)C(=O)NCC3)c1. The van der Waals surface area contributed by atoms with Gasteiger partial charge in [-0.05, 0) is 41.8 Å². The minimum atomic E-state index is -0.515. The van der Waals surface area contributed by atoms with Crippen molar-refractivity contribution < 1.29 is 14.4 Å². The first-order valence-corrected chi connectivity index (χ1v) is 7.87. The summed E-state index contributed by atoms with van der Waals surface area (Å²) in [6.07, 6.45) is 0.782. The minimum absolute atomic E-state index is 0.131. The molecule has 25 heavy (non-hydrogen) atoms. The number of hydrogen-bond acceptors (Lipinski definition) is 3. The summed E-state index contributed by atoms with van der Waals surface area (Å²) in [4.78, 5) is 35.1. The average molecular weight is 338 g/mol. The second-order valence-corrected chi connectivity index (χ2v) is 5.75. The van der Waals surface area contributed by atoms with Crippen LogP contribution in [0.4, 0.5) is 10.5 Å². The molecule has 5 N–H and O–H groups in total. The summed E-state index contributed by atoms with van der Waals surface area (Å²) >= 11 is 0. The van der Waals surface area contributed by atoms with Crippen molar-refractivity contribution in [3.05, 3.63) is 64.7 Å². The zero-order chi connectivity index (χ0) is 17.8. The van der Waals surface area contributed by atoms with E-state index in [0.29, 0.717) is 23.4 Å². The van der Waals surface area contributed by atoms with E-state index in [0.717, 1.165) is 17.5 Å². The van der Waals surface area contributed by atoms with E-state index in [2.05, 4.69) is 16.0 Å². The number of hydrogen-bond donors (Lipinski definition) is 4. The zero-order valence-corrected chi connectivity index (χ0v) is 13.5. The number of amides is 4. The average Bonchev–Trinajstić information content (AvgIpc) is 2.61. The third kappa shape index (κ3) is 3.95. The molecule has 7 heteroatoms. The highest BCUT2D eigenvalue weighted by Gasteiger charge is 2.17. The van der Waals surface area contributed by atoms with Gasteiger partial charge in [-0.25, -0.2) is 4.79 Å². The van der Waals surface area contributed by atoms with Gasteiger partial charge in [-0.1, -0.05) is 18.2 Å². The second-order valence-electron chi connectivity index (χ2n) is 5.75. The molecule has 0 saturated heterocycles. The summed E-state index contributed by atoms with van der Waals surface area (Å²) in [5.74, 6) is -0.646. The third-order valence-corrected chi connectivity index (χ3v) is 3.96. The first-order chi connectivity index (χ1) is 12.0. The van der Waals surface area contributed by atoms with Gasteiger partial charge in [0.15, 0.2) is 0 Å². The minimum Gasteiger partial charge on any atom is -0.366 e. The second kappa shape index (κ2) is 7.04. The van der Waals surface area contributed by atoms with E-state index in [1.54, 1.807) is 36.4 Å². The molecule has 0 aromatic heterocycles. The molecule has 128 valence electrons. The lowest BCUT2D eigenvalue weighted by atomic mass is 10.00. The van der Waals surface area contributed by atoms with Crippen molar-refractivity contribution in [1.29, 1.82) is 0 Å². The van der Waals surface area contributed by atoms with Gasteiger partial charge in [-0.2, -0.15) is 0 Å². The molecule has 0 fully saturated rings. The quantitative estimate of drug-likeness (QED) is 0.675. The summed E-state index contributed by atoms with van der Waals surface area (Å²) < 4.78 is 0. The Morgan fingerprint density at radius 3 is 2.80 bits per heavy atom. The van der Waals surface area contributed by atoms with E-state index in [1.165, 1.54) is 0 Å². The van der Waals surface area contributed by atoms with Crippen molar-refractivity contribution in [3.8, 4) is 0 Å². The Balaban J connectivity index is 1.61. The van der Waals surface area contributed by atoms with Gasteiger partial charge in [-0.15, -0.1) is 0 Å². The van der Waals surface area contributed by atoms with Crippen LogP contribution in [-0.4, -0.2) is 24.4 Å². The predicted molar refractivity (Wildman–Crippen MR) is 93.3 cm³/mol. The zero-order valence-electron chi connectivity index (χ0n) is 13.5. The third-order valence-electron chi connectivity index (χ3n) is 3.96. The maximum atomic E-state index is 12.0. The number of anilines is 1. The molecule has 7 nitrogen and oxygen atoms in total. The van der Waals surface area contributed by atoms with E-state index in [1.807, 2.05) is 6.07 Å². The van der Waals surface area contributed by atoms with Crippen LogP contribution >= 0.6 is 0 Å². The van der Waals surface area contributed by atoms with Gasteiger partial charge in [0.1, 0.15) is 0 Å². The molecule has 3 rings (SSSR count). The Labute approximate surface area is 144 Å². The Morgan fingerprint density at radius 2 is 2.00 bits per heavy atom. The van der Waals surface area contributed by atoms with Crippen molar-refractivity contribution in [2.24, 2.45) is 5.73 Å². The van der Waals surface area contributed by atoms with Gasteiger partial charge in [0.05, 0.1) is 0 Å². The van der Waals surface area contributed by atoms with Crippen LogP contribution in [0, 0.1) is 0 Å². The molecule has 0 spiro atoms. The molecule has 0 aliphatic carbocycles. The highest BCUT2D eigenvalue weighted by molar-refractivity contribution is 5.99. The number of nitrogens with one attached hydrogen (secondary N) is 3. The van der Waals surface area contributed by atoms with Crippen molar-refractivity contribution in [2.45, 2.75) is 13.0 Å². The molecule has 0 radical (unpaired) electrons. The molecule has 1 heterocycles. The number of nitrogens with two attached hydrogens (primary N) is 1. The topological polar surface area (TPSA) is 113 Å². The number of benzene rings is 2. The lowest BCUT2D eigenvalue weighted by Gasteiger charge is -2.17. The molecule has 4 amide bonds. The van der Waals surface area contributed by atoms with Crippen molar-refractivity contribution in [3.63, 3.8) is 0 Å². The highest BCUT2D eigenvalue weighted by atomic mass is 16.2. The van der Waals surface area contributed by atoms with E-state index < -0.39 is 11.9 Å². The van der Waals surface area contributed by atoms with E-state index in [9.17, 15) is 14.4 Å². The maximum Gasteiger partial charge on any atom is 0.319 e. The van der Waals surface area contributed by atoms with Gasteiger partial charge in [0.2, 0.25) is 5.91 Å². The lowest BCUT2D eigenvalue weighted by Crippen LogP contribution is -2.32. The molecule has 0 bridgehead atoms. The number of carbonyl (C=O) groups is 3. The summed E-state index contributed by atoms with van der Waals surface area (Å²) in [7, 11) is 0. The molecule has 0 atom stereocenters. The molecule has 2 aromatic rings. The molecule has 1 aliphatic heterocycles. The van der Waals surface area contributed by atoms with Gasteiger partial charge in [-0.3, -0.25) is 9.59 Å². The van der Waals surface area contributed by atoms with E-state index in [-0.39, 0.29) is 12.5 Å². The fraction of sp³-hybridized carbons (Fsp3) is 0.167. The summed E-state index contributed by atoms with van der Waals surface area (Å²) in [5, 5.41) is 8.18. The van der Waals surface area contributed by atoms with Gasteiger partial charge in [0.25, 0.3) is 5.91 Å². The summed E-state index contributed by atoms with van der Waals surface area (Å²) in [5.41, 5.74) is 8.48. The van der Waals surface area contributed by atoms with Crippen LogP contribution in [0.25, 0.3) is 0 Å². The van der Waals surface area contributed by atoms with Gasteiger partial charge >= 0.3 is 6.03 Å². The smallest absolute Gasteiger partial charge is 0.319 e. The summed E-state index contributed by atoms with van der Waals surface area (Å²) in [6.45, 7) is 0.877. The lowest BCUT2D eigenvalue weighted by molar-refractivity contribution is 0.0944. The summed E-state index contributed by atoms with van der Waals surface area (Å²) in [6, 6.07) is 11.6. The van der Waals surface area contributed by atoms with Crippen LogP contribution < -0.4 is 21.7 Å². The maximum absolute atomic E-state index is 12.0. The monoisotopic (exact) mass is 338 g/mol. The first-order valence-electron chi connectivity index (χ1n) is 7.87. The van der Waals surface area contributed by atoms with Crippen molar-refractivity contribution in [1.82, 2.24) is 10.6 Å². The molecular formula is C18H18N4O3. The predicted octanol–water partition coefficient (Wildman–Crippen LogP) is 1.39. The van der Waals surface area contributed by atoms with Crippen LogP contribution in [0.15, 0.2) is 42.5 Å². The van der Waals surface area contributed by atoms with Crippen LogP contribution in [0.2, 0.25) is 0 Å². The first kappa shape index (κ1) is 16.5. The van der Waals surface area contributed by atoms with Crippen LogP contribution in [-0.2, 0) is 13.0 Å². The number of rotatable bonds is 4. The largest absolute Gasteiger partial charge is 0.366 e. The number of fused-ring (bicyclic) bond motifs is 1. The Morgan fingerprint density at radius 1 is 1.16 bits per heavy atom. The molecule has 1 aliphatic rings. The van der Waals surface area contributed by atoms with Gasteiger partial charge in [0, 0.05) is 29.9 Å². The number of carbonyl (C=O) groups excluding carboxylic acids is 3. The Hall–Kier alpha value is -3.35. The van der Waals surface area contributed by atoms with Crippen molar-refractivity contribution in [2.75, 3.05) is 11.9 Å². The fourth-order valence-corrected chi connectivity index (χ4v) is 2.68. The molecule has 2 aromatic carbocycles. The standard InChI is InChI=1S/C18H18N4O3/c19-16(23)13-3-1-2-11(8-13)10-21-18(25)22-14-5-4-12-6-7-20-17(24)15(12)9-14/h1-5,8-9H,6-7,10H2,(H2,19,23)(H,20,24)(H2,21,22,25). The molecular weight excluding hydrogens is 320 g/mol. The Bertz CT molecular complexity index is 848. The number of primary amides is 1. The highest BCUT2D eigenvalue weighted by Crippen LogP contribution is 2.19. The van der Waals surface area contributed by atoms with Crippen LogP contribution in [0.3, 0.4) is 0 Å². The van der Waals surface area contributed by atoms with Gasteiger partial charge < -0.3 is 21.7 Å². The van der Waals surface area contributed by atoms with Crippen LogP contribution in [0.5, 0.6) is 0 Å². The Kier molecular flexibility index (Phi) is 4.65. The normalized spacial score (nSPS) is 12.7. The molecule has 0 unspecified atom stereocenters. The fourth-order valence-electron chi connectivity index (χ4n) is 2.68. The van der Waals surface area contributed by atoms with Crippen LogP contribution in [0.1, 0.15) is 31.8 Å². The van der Waals surface area contributed by atoms with E-state index >= 15 is 0 Å².